The van der Waals surface area contributed by atoms with E-state index in [1.165, 1.54) is 24.5 Å². The normalized spacial score (nSPS) is 10.8. The summed E-state index contributed by atoms with van der Waals surface area (Å²) in [6.07, 6.45) is 1.44. The van der Waals surface area contributed by atoms with Crippen LogP contribution >= 0.6 is 34.8 Å². The van der Waals surface area contributed by atoms with Crippen LogP contribution in [-0.4, -0.2) is 25.8 Å². The molecule has 0 spiro atoms. The fraction of sp³-hybridized carbons (Fsp3) is 0. The van der Waals surface area contributed by atoms with E-state index in [4.69, 9.17) is 34.8 Å². The van der Waals surface area contributed by atoms with Crippen molar-refractivity contribution in [3.8, 4) is 0 Å². The Bertz CT molecular complexity index is 828. The number of hydrogen-bond donors (Lipinski definition) is 2. The van der Waals surface area contributed by atoms with Crippen molar-refractivity contribution in [2.75, 3.05) is 5.32 Å². The molecule has 2 heterocycles. The van der Waals surface area contributed by atoms with E-state index in [9.17, 15) is 4.79 Å². The molecule has 0 aliphatic carbocycles. The molecule has 21 heavy (non-hydrogen) atoms. The van der Waals surface area contributed by atoms with Crippen LogP contribution in [0.5, 0.6) is 0 Å². The van der Waals surface area contributed by atoms with Crippen molar-refractivity contribution in [1.82, 2.24) is 19.9 Å². The van der Waals surface area contributed by atoms with Crippen LogP contribution in [0.15, 0.2) is 24.5 Å². The minimum Gasteiger partial charge on any atom is -0.341 e. The highest BCUT2D eigenvalue weighted by Gasteiger charge is 2.13. The molecule has 0 bridgehead atoms. The Morgan fingerprint density at radius 1 is 1.10 bits per heavy atom. The van der Waals surface area contributed by atoms with Gasteiger partial charge >= 0.3 is 0 Å². The van der Waals surface area contributed by atoms with Crippen LogP contribution in [-0.2, 0) is 0 Å². The van der Waals surface area contributed by atoms with Crippen molar-refractivity contribution < 1.29 is 4.79 Å². The maximum absolute atomic E-state index is 12.1. The number of nitrogens with one attached hydrogen (secondary N) is 2. The van der Waals surface area contributed by atoms with Gasteiger partial charge in [-0.2, -0.15) is 9.97 Å². The molecule has 9 heteroatoms. The summed E-state index contributed by atoms with van der Waals surface area (Å²) in [6.45, 7) is 0. The average molecular weight is 343 g/mol. The van der Waals surface area contributed by atoms with Crippen molar-refractivity contribution in [2.45, 2.75) is 0 Å². The number of imidazole rings is 1. The zero-order valence-electron chi connectivity index (χ0n) is 10.2. The Kier molecular flexibility index (Phi) is 3.67. The number of carbonyl (C=O) groups excluding carboxylic acids is 1. The van der Waals surface area contributed by atoms with Gasteiger partial charge in [0.1, 0.15) is 5.52 Å². The Labute approximate surface area is 133 Å². The number of carbonyl (C=O) groups is 1. The minimum absolute atomic E-state index is 0.0423. The van der Waals surface area contributed by atoms with Crippen LogP contribution in [0.25, 0.3) is 11.2 Å². The Balaban J connectivity index is 1.92. The van der Waals surface area contributed by atoms with Gasteiger partial charge < -0.3 is 4.98 Å². The molecule has 0 fully saturated rings. The average Bonchev–Trinajstić information content (AvgIpc) is 2.86. The second kappa shape index (κ2) is 5.48. The number of aromatic nitrogens is 4. The SMILES string of the molecule is O=C(Nc1nc(Cl)c2[nH]cnc2n1)c1cc(Cl)cc(Cl)c1. The van der Waals surface area contributed by atoms with Gasteiger partial charge in [-0.3, -0.25) is 10.1 Å². The van der Waals surface area contributed by atoms with E-state index in [2.05, 4.69) is 25.3 Å². The Morgan fingerprint density at radius 3 is 2.52 bits per heavy atom. The number of hydrogen-bond acceptors (Lipinski definition) is 4. The lowest BCUT2D eigenvalue weighted by molar-refractivity contribution is 0.102. The van der Waals surface area contributed by atoms with Gasteiger partial charge in [0.2, 0.25) is 5.95 Å². The number of anilines is 1. The summed E-state index contributed by atoms with van der Waals surface area (Å²) in [6, 6.07) is 4.50. The number of fused-ring (bicyclic) bond motifs is 1. The third kappa shape index (κ3) is 2.92. The highest BCUT2D eigenvalue weighted by atomic mass is 35.5. The molecule has 2 aromatic heterocycles. The highest BCUT2D eigenvalue weighted by Crippen LogP contribution is 2.21. The topological polar surface area (TPSA) is 83.6 Å². The van der Waals surface area contributed by atoms with Crippen molar-refractivity contribution >= 4 is 57.8 Å². The Morgan fingerprint density at radius 2 is 1.81 bits per heavy atom. The molecule has 2 N–H and O–H groups in total. The molecule has 0 saturated heterocycles. The molecule has 0 unspecified atom stereocenters. The summed E-state index contributed by atoms with van der Waals surface area (Å²) in [4.78, 5) is 26.9. The lowest BCUT2D eigenvalue weighted by atomic mass is 10.2. The smallest absolute Gasteiger partial charge is 0.258 e. The fourth-order valence-corrected chi connectivity index (χ4v) is 2.46. The van der Waals surface area contributed by atoms with Crippen molar-refractivity contribution in [2.24, 2.45) is 0 Å². The van der Waals surface area contributed by atoms with E-state index < -0.39 is 5.91 Å². The second-order valence-electron chi connectivity index (χ2n) is 4.05. The largest absolute Gasteiger partial charge is 0.341 e. The van der Waals surface area contributed by atoms with Crippen molar-refractivity contribution in [3.05, 3.63) is 45.3 Å². The van der Waals surface area contributed by atoms with E-state index in [-0.39, 0.29) is 16.7 Å². The molecule has 106 valence electrons. The summed E-state index contributed by atoms with van der Waals surface area (Å²) >= 11 is 17.7. The van der Waals surface area contributed by atoms with Gasteiger partial charge in [0, 0.05) is 15.6 Å². The van der Waals surface area contributed by atoms with Crippen molar-refractivity contribution in [3.63, 3.8) is 0 Å². The van der Waals surface area contributed by atoms with E-state index in [0.29, 0.717) is 21.2 Å². The number of benzene rings is 1. The number of halogens is 3. The standard InChI is InChI=1S/C12H6Cl3N5O/c13-6-1-5(2-7(14)3-6)11(21)20-12-18-9(15)8-10(19-12)17-4-16-8/h1-4H,(H2,16,17,18,19,20,21). The second-order valence-corrected chi connectivity index (χ2v) is 5.28. The van der Waals surface area contributed by atoms with Gasteiger partial charge in [-0.05, 0) is 18.2 Å². The highest BCUT2D eigenvalue weighted by molar-refractivity contribution is 6.35. The summed E-state index contributed by atoms with van der Waals surface area (Å²) in [5.74, 6) is -0.411. The molecular formula is C12H6Cl3N5O. The molecule has 0 saturated carbocycles. The van der Waals surface area contributed by atoms with Crippen LogP contribution in [0.2, 0.25) is 15.2 Å². The molecule has 0 aliphatic rings. The summed E-state index contributed by atoms with van der Waals surface area (Å²) in [7, 11) is 0. The predicted octanol–water partition coefficient (Wildman–Crippen LogP) is 3.57. The van der Waals surface area contributed by atoms with Gasteiger partial charge in [0.15, 0.2) is 10.8 Å². The summed E-state index contributed by atoms with van der Waals surface area (Å²) in [5.41, 5.74) is 1.14. The first-order valence-corrected chi connectivity index (χ1v) is 6.80. The van der Waals surface area contributed by atoms with Crippen LogP contribution in [0.4, 0.5) is 5.95 Å². The number of rotatable bonds is 2. The summed E-state index contributed by atoms with van der Waals surface area (Å²) in [5, 5.41) is 3.39. The predicted molar refractivity (Wildman–Crippen MR) is 81.1 cm³/mol. The first kappa shape index (κ1) is 14.1. The maximum atomic E-state index is 12.1. The lowest BCUT2D eigenvalue weighted by Crippen LogP contribution is -2.14. The molecule has 1 amide bonds. The number of amides is 1. The van der Waals surface area contributed by atoms with Crippen LogP contribution in [0, 0.1) is 0 Å². The van der Waals surface area contributed by atoms with Crippen molar-refractivity contribution in [1.29, 1.82) is 0 Å². The van der Waals surface area contributed by atoms with E-state index in [1.54, 1.807) is 0 Å². The van der Waals surface area contributed by atoms with E-state index in [0.717, 1.165) is 0 Å². The van der Waals surface area contributed by atoms with Gasteiger partial charge in [0.05, 0.1) is 6.33 Å². The maximum Gasteiger partial charge on any atom is 0.258 e. The monoisotopic (exact) mass is 341 g/mol. The first-order valence-electron chi connectivity index (χ1n) is 5.67. The van der Waals surface area contributed by atoms with Crippen LogP contribution in [0.3, 0.4) is 0 Å². The van der Waals surface area contributed by atoms with Crippen LogP contribution < -0.4 is 5.32 Å². The van der Waals surface area contributed by atoms with Gasteiger partial charge in [-0.15, -0.1) is 0 Å². The molecular weight excluding hydrogens is 337 g/mol. The molecule has 0 atom stereocenters. The lowest BCUT2D eigenvalue weighted by Gasteiger charge is -2.05. The molecule has 3 aromatic rings. The molecule has 3 rings (SSSR count). The van der Waals surface area contributed by atoms with E-state index in [1.807, 2.05) is 0 Å². The fourth-order valence-electron chi connectivity index (χ4n) is 1.71. The van der Waals surface area contributed by atoms with Crippen LogP contribution in [0.1, 0.15) is 10.4 Å². The zero-order chi connectivity index (χ0) is 15.0. The van der Waals surface area contributed by atoms with Gasteiger partial charge in [0.25, 0.3) is 5.91 Å². The number of nitrogens with zero attached hydrogens (tertiary/aromatic N) is 3. The third-order valence-electron chi connectivity index (χ3n) is 2.59. The van der Waals surface area contributed by atoms with Gasteiger partial charge in [-0.1, -0.05) is 34.8 Å². The molecule has 0 aliphatic heterocycles. The minimum atomic E-state index is -0.453. The van der Waals surface area contributed by atoms with E-state index >= 15 is 0 Å². The molecule has 6 nitrogen and oxygen atoms in total. The molecule has 0 radical (unpaired) electrons. The Hall–Kier alpha value is -1.89. The molecule has 1 aromatic carbocycles. The number of aromatic amines is 1. The quantitative estimate of drug-likeness (QED) is 0.697. The zero-order valence-corrected chi connectivity index (χ0v) is 12.5. The number of H-pyrrole nitrogens is 1. The van der Waals surface area contributed by atoms with Gasteiger partial charge in [-0.25, -0.2) is 4.98 Å². The third-order valence-corrected chi connectivity index (χ3v) is 3.30. The first-order chi connectivity index (χ1) is 10.0. The summed E-state index contributed by atoms with van der Waals surface area (Å²) < 4.78 is 0.